The monoisotopic (exact) mass is 225 g/mol. The van der Waals surface area contributed by atoms with Gasteiger partial charge in [-0.25, -0.2) is 0 Å². The average molecular weight is 226 g/mol. The van der Waals surface area contributed by atoms with E-state index in [4.69, 9.17) is 16.7 Å². The van der Waals surface area contributed by atoms with Crippen molar-refractivity contribution in [2.24, 2.45) is 0 Å². The zero-order valence-corrected chi connectivity index (χ0v) is 8.08. The molecule has 0 bridgehead atoms. The van der Waals surface area contributed by atoms with Gasteiger partial charge in [0, 0.05) is 5.38 Å². The molecule has 0 radical (unpaired) electrons. The molecule has 12 heavy (non-hydrogen) atoms. The second-order valence-corrected chi connectivity index (χ2v) is 4.26. The number of aromatic nitrogens is 1. The fourth-order valence-electron chi connectivity index (χ4n) is 0.552. The van der Waals surface area contributed by atoms with E-state index in [1.807, 2.05) is 0 Å². The lowest BCUT2D eigenvalue weighted by molar-refractivity contribution is -0.133. The van der Waals surface area contributed by atoms with E-state index < -0.39 is 22.5 Å². The van der Waals surface area contributed by atoms with E-state index in [2.05, 4.69) is 4.37 Å². The Hall–Kier alpha value is -0.460. The predicted molar refractivity (Wildman–Crippen MR) is 46.0 cm³/mol. The van der Waals surface area contributed by atoms with E-state index >= 15 is 0 Å². The maximum atomic E-state index is 11.1. The highest BCUT2D eigenvalue weighted by Gasteiger charge is 2.13. The number of hydrogen-bond acceptors (Lipinski definition) is 4. The first-order chi connectivity index (χ1) is 5.61. The smallest absolute Gasteiger partial charge is 0.316 e. The second-order valence-electron chi connectivity index (χ2n) is 1.85. The zero-order chi connectivity index (χ0) is 9.14. The van der Waals surface area contributed by atoms with Crippen molar-refractivity contribution in [3.63, 3.8) is 0 Å². The summed E-state index contributed by atoms with van der Waals surface area (Å²) in [6, 6.07) is 0. The molecule has 1 heterocycles. The maximum absolute atomic E-state index is 11.1. The first-order valence-electron chi connectivity index (χ1n) is 2.81. The number of carbonyl (C=O) groups is 1. The summed E-state index contributed by atoms with van der Waals surface area (Å²) in [6.07, 6.45) is 0. The number of halogens is 1. The lowest BCUT2D eigenvalue weighted by Gasteiger charge is -1.93. The minimum absolute atomic E-state index is 0.125. The van der Waals surface area contributed by atoms with Gasteiger partial charge in [-0.3, -0.25) is 9.00 Å². The van der Waals surface area contributed by atoms with Crippen LogP contribution in [0.5, 0.6) is 0 Å². The van der Waals surface area contributed by atoms with E-state index in [1.165, 1.54) is 5.38 Å². The van der Waals surface area contributed by atoms with Gasteiger partial charge < -0.3 is 5.11 Å². The van der Waals surface area contributed by atoms with Crippen molar-refractivity contribution in [2.45, 2.75) is 4.90 Å². The van der Waals surface area contributed by atoms with Crippen molar-refractivity contribution in [1.29, 1.82) is 0 Å². The van der Waals surface area contributed by atoms with E-state index in [-0.39, 0.29) is 5.15 Å². The Morgan fingerprint density at radius 3 is 2.92 bits per heavy atom. The molecular formula is C5H4ClNO3S2. The van der Waals surface area contributed by atoms with Crippen LogP contribution in [0, 0.1) is 0 Å². The fourth-order valence-corrected chi connectivity index (χ4v) is 2.73. The molecule has 0 aliphatic rings. The van der Waals surface area contributed by atoms with Crippen LogP contribution in [-0.2, 0) is 15.6 Å². The number of carboxylic acids is 1. The molecule has 0 aliphatic carbocycles. The Morgan fingerprint density at radius 1 is 1.83 bits per heavy atom. The molecule has 0 fully saturated rings. The summed E-state index contributed by atoms with van der Waals surface area (Å²) >= 11 is 6.59. The lowest BCUT2D eigenvalue weighted by atomic mass is 10.8. The van der Waals surface area contributed by atoms with Crippen LogP contribution in [0.15, 0.2) is 10.3 Å². The Labute approximate surface area is 79.8 Å². The van der Waals surface area contributed by atoms with Gasteiger partial charge in [-0.2, -0.15) is 4.37 Å². The van der Waals surface area contributed by atoms with Crippen molar-refractivity contribution in [3.05, 3.63) is 10.5 Å². The fraction of sp³-hybridized carbons (Fsp3) is 0.200. The molecule has 0 spiro atoms. The van der Waals surface area contributed by atoms with Crippen LogP contribution >= 0.6 is 23.1 Å². The molecule has 1 rings (SSSR count). The Balaban J connectivity index is 2.78. The van der Waals surface area contributed by atoms with E-state index in [0.717, 1.165) is 11.5 Å². The summed E-state index contributed by atoms with van der Waals surface area (Å²) in [6.45, 7) is 0. The topological polar surface area (TPSA) is 67.3 Å². The van der Waals surface area contributed by atoms with E-state index in [1.54, 1.807) is 0 Å². The molecule has 1 atom stereocenters. The molecule has 0 aliphatic heterocycles. The Bertz CT molecular complexity index is 324. The summed E-state index contributed by atoms with van der Waals surface area (Å²) in [5, 5.41) is 9.93. The molecule has 0 saturated heterocycles. The number of hydrogen-bond donors (Lipinski definition) is 1. The maximum Gasteiger partial charge on any atom is 0.316 e. The SMILES string of the molecule is O=C(O)CS(=O)c1csnc1Cl. The van der Waals surface area contributed by atoms with Gasteiger partial charge in [0.2, 0.25) is 0 Å². The molecule has 7 heteroatoms. The lowest BCUT2D eigenvalue weighted by Crippen LogP contribution is -2.08. The van der Waals surface area contributed by atoms with Crippen molar-refractivity contribution >= 4 is 39.9 Å². The molecule has 66 valence electrons. The normalized spacial score (nSPS) is 12.8. The molecule has 4 nitrogen and oxygen atoms in total. The minimum Gasteiger partial charge on any atom is -0.481 e. The van der Waals surface area contributed by atoms with Crippen LogP contribution in [0.25, 0.3) is 0 Å². The summed E-state index contributed by atoms with van der Waals surface area (Å²) in [7, 11) is -1.58. The highest BCUT2D eigenvalue weighted by molar-refractivity contribution is 7.86. The Morgan fingerprint density at radius 2 is 2.50 bits per heavy atom. The summed E-state index contributed by atoms with van der Waals surface area (Å²) in [5.74, 6) is -1.55. The van der Waals surface area contributed by atoms with Gasteiger partial charge >= 0.3 is 5.97 Å². The quantitative estimate of drug-likeness (QED) is 0.833. The van der Waals surface area contributed by atoms with Gasteiger partial charge in [-0.05, 0) is 11.5 Å². The van der Waals surface area contributed by atoms with Gasteiger partial charge in [0.05, 0.1) is 15.7 Å². The molecule has 0 aromatic carbocycles. The molecule has 0 saturated carbocycles. The minimum atomic E-state index is -1.58. The van der Waals surface area contributed by atoms with Crippen LogP contribution in [0.4, 0.5) is 0 Å². The van der Waals surface area contributed by atoms with E-state index in [0.29, 0.717) is 4.90 Å². The van der Waals surface area contributed by atoms with Gasteiger partial charge in [-0.15, -0.1) is 0 Å². The summed E-state index contributed by atoms with van der Waals surface area (Å²) < 4.78 is 14.8. The van der Waals surface area contributed by atoms with Crippen LogP contribution in [0.1, 0.15) is 0 Å². The highest BCUT2D eigenvalue weighted by atomic mass is 35.5. The second kappa shape index (κ2) is 3.97. The van der Waals surface area contributed by atoms with Crippen LogP contribution < -0.4 is 0 Å². The molecule has 1 unspecified atom stereocenters. The number of nitrogens with zero attached hydrogens (tertiary/aromatic N) is 1. The van der Waals surface area contributed by atoms with Crippen molar-refractivity contribution in [3.8, 4) is 0 Å². The first kappa shape index (κ1) is 9.63. The number of carboxylic acid groups (broad SMARTS) is 1. The standard InChI is InChI=1S/C5H4ClNO3S2/c6-5-3(1-11-7-5)12(10)2-4(8)9/h1H,2H2,(H,8,9). The summed E-state index contributed by atoms with van der Waals surface area (Å²) in [5.41, 5.74) is 0. The predicted octanol–water partition coefficient (Wildman–Crippen LogP) is 0.989. The highest BCUT2D eigenvalue weighted by Crippen LogP contribution is 2.19. The molecule has 1 N–H and O–H groups in total. The van der Waals surface area contributed by atoms with Crippen LogP contribution in [-0.4, -0.2) is 25.4 Å². The van der Waals surface area contributed by atoms with Gasteiger partial charge in [0.25, 0.3) is 0 Å². The average Bonchev–Trinajstić information content (AvgIpc) is 2.33. The first-order valence-corrected chi connectivity index (χ1v) is 5.34. The molecule has 0 amide bonds. The largest absolute Gasteiger partial charge is 0.481 e. The Kier molecular flexibility index (Phi) is 3.19. The molecular weight excluding hydrogens is 222 g/mol. The summed E-state index contributed by atoms with van der Waals surface area (Å²) in [4.78, 5) is 10.5. The zero-order valence-electron chi connectivity index (χ0n) is 5.69. The molecule has 1 aromatic heterocycles. The van der Waals surface area contributed by atoms with E-state index in [9.17, 15) is 9.00 Å². The number of aliphatic carboxylic acids is 1. The van der Waals surface area contributed by atoms with Gasteiger partial charge in [-0.1, -0.05) is 11.6 Å². The number of rotatable bonds is 3. The van der Waals surface area contributed by atoms with Crippen molar-refractivity contribution in [1.82, 2.24) is 4.37 Å². The van der Waals surface area contributed by atoms with Crippen molar-refractivity contribution < 1.29 is 14.1 Å². The van der Waals surface area contributed by atoms with Crippen LogP contribution in [0.3, 0.4) is 0 Å². The van der Waals surface area contributed by atoms with Crippen LogP contribution in [0.2, 0.25) is 5.15 Å². The van der Waals surface area contributed by atoms with Crippen molar-refractivity contribution in [2.75, 3.05) is 5.75 Å². The molecule has 1 aromatic rings. The van der Waals surface area contributed by atoms with Gasteiger partial charge in [0.15, 0.2) is 5.15 Å². The third kappa shape index (κ3) is 2.26. The van der Waals surface area contributed by atoms with Gasteiger partial charge in [0.1, 0.15) is 5.75 Å². The third-order valence-electron chi connectivity index (χ3n) is 0.996. The third-order valence-corrected chi connectivity index (χ3v) is 3.59.